The summed E-state index contributed by atoms with van der Waals surface area (Å²) in [6.45, 7) is 4.40. The van der Waals surface area contributed by atoms with Gasteiger partial charge in [0.15, 0.2) is 0 Å². The van der Waals surface area contributed by atoms with Gasteiger partial charge < -0.3 is 10.4 Å². The second-order valence-corrected chi connectivity index (χ2v) is 7.60. The van der Waals surface area contributed by atoms with E-state index < -0.39 is 12.0 Å². The Morgan fingerprint density at radius 3 is 2.73 bits per heavy atom. The third-order valence-corrected chi connectivity index (χ3v) is 5.17. The van der Waals surface area contributed by atoms with Crippen molar-refractivity contribution in [3.8, 4) is 0 Å². The number of hydrogen-bond acceptors (Lipinski definition) is 4. The van der Waals surface area contributed by atoms with E-state index in [-0.39, 0.29) is 5.41 Å². The van der Waals surface area contributed by atoms with Crippen LogP contribution >= 0.6 is 11.8 Å². The SMILES string of the molecule is CC1(C)CC2=C(SCC(C(=O)O)N2)/C(=N\c2ccccc2)C1. The number of rotatable bonds is 2. The van der Waals surface area contributed by atoms with Crippen molar-refractivity contribution < 1.29 is 9.90 Å². The van der Waals surface area contributed by atoms with Gasteiger partial charge in [-0.3, -0.25) is 4.99 Å². The van der Waals surface area contributed by atoms with E-state index in [9.17, 15) is 9.90 Å². The van der Waals surface area contributed by atoms with E-state index in [2.05, 4.69) is 19.2 Å². The van der Waals surface area contributed by atoms with Crippen LogP contribution in [0.1, 0.15) is 26.7 Å². The molecule has 1 aliphatic carbocycles. The summed E-state index contributed by atoms with van der Waals surface area (Å²) in [5.41, 5.74) is 3.14. The zero-order valence-electron chi connectivity index (χ0n) is 12.8. The van der Waals surface area contributed by atoms with Gasteiger partial charge in [0.2, 0.25) is 0 Å². The van der Waals surface area contributed by atoms with Gasteiger partial charge in [-0.25, -0.2) is 4.79 Å². The van der Waals surface area contributed by atoms with E-state index >= 15 is 0 Å². The zero-order valence-corrected chi connectivity index (χ0v) is 13.6. The summed E-state index contributed by atoms with van der Waals surface area (Å²) in [6, 6.07) is 9.43. The van der Waals surface area contributed by atoms with Gasteiger partial charge in [-0.15, -0.1) is 11.8 Å². The van der Waals surface area contributed by atoms with Crippen LogP contribution in [0.15, 0.2) is 45.9 Å². The first-order chi connectivity index (χ1) is 10.4. The van der Waals surface area contributed by atoms with E-state index in [1.165, 1.54) is 0 Å². The Kier molecular flexibility index (Phi) is 4.00. The maximum atomic E-state index is 11.2. The highest BCUT2D eigenvalue weighted by molar-refractivity contribution is 8.04. The molecule has 1 heterocycles. The average molecular weight is 316 g/mol. The number of allylic oxidation sites excluding steroid dienone is 2. The molecule has 0 aromatic heterocycles. The number of aliphatic imine (C=N–C) groups is 1. The van der Waals surface area contributed by atoms with Crippen molar-refractivity contribution in [2.75, 3.05) is 5.75 Å². The predicted octanol–water partition coefficient (Wildman–Crippen LogP) is 3.58. The predicted molar refractivity (Wildman–Crippen MR) is 90.6 cm³/mol. The molecule has 2 N–H and O–H groups in total. The summed E-state index contributed by atoms with van der Waals surface area (Å²) >= 11 is 1.62. The molecule has 1 atom stereocenters. The van der Waals surface area contributed by atoms with Crippen LogP contribution in [-0.4, -0.2) is 28.6 Å². The maximum Gasteiger partial charge on any atom is 0.326 e. The van der Waals surface area contributed by atoms with Crippen LogP contribution in [0.4, 0.5) is 5.69 Å². The van der Waals surface area contributed by atoms with E-state index in [1.54, 1.807) is 11.8 Å². The second kappa shape index (κ2) is 5.80. The second-order valence-electron chi connectivity index (χ2n) is 6.57. The summed E-state index contributed by atoms with van der Waals surface area (Å²) in [4.78, 5) is 17.2. The molecule has 0 saturated carbocycles. The van der Waals surface area contributed by atoms with E-state index in [4.69, 9.17) is 4.99 Å². The summed E-state index contributed by atoms with van der Waals surface area (Å²) in [5.74, 6) is -0.244. The summed E-state index contributed by atoms with van der Waals surface area (Å²) < 4.78 is 0. The molecule has 0 fully saturated rings. The van der Waals surface area contributed by atoms with Gasteiger partial charge in [-0.2, -0.15) is 0 Å². The first kappa shape index (κ1) is 15.2. The van der Waals surface area contributed by atoms with Crippen molar-refractivity contribution in [1.82, 2.24) is 5.32 Å². The molecule has 1 aromatic carbocycles. The van der Waals surface area contributed by atoms with E-state index in [0.29, 0.717) is 5.75 Å². The maximum absolute atomic E-state index is 11.2. The van der Waals surface area contributed by atoms with Crippen molar-refractivity contribution in [2.24, 2.45) is 10.4 Å². The molecule has 22 heavy (non-hydrogen) atoms. The van der Waals surface area contributed by atoms with Crippen molar-refractivity contribution in [3.63, 3.8) is 0 Å². The minimum Gasteiger partial charge on any atom is -0.480 e. The topological polar surface area (TPSA) is 61.7 Å². The fourth-order valence-corrected chi connectivity index (χ4v) is 4.07. The molecule has 0 amide bonds. The van der Waals surface area contributed by atoms with Crippen LogP contribution in [-0.2, 0) is 4.79 Å². The Labute approximate surface area is 134 Å². The van der Waals surface area contributed by atoms with Crippen molar-refractivity contribution in [2.45, 2.75) is 32.7 Å². The average Bonchev–Trinajstić information content (AvgIpc) is 2.46. The van der Waals surface area contributed by atoms with Crippen molar-refractivity contribution in [1.29, 1.82) is 0 Å². The molecular weight excluding hydrogens is 296 g/mol. The van der Waals surface area contributed by atoms with E-state index in [0.717, 1.165) is 34.8 Å². The number of carboxylic acids is 1. The molecule has 0 bridgehead atoms. The van der Waals surface area contributed by atoms with Crippen LogP contribution in [0.2, 0.25) is 0 Å². The van der Waals surface area contributed by atoms with Gasteiger partial charge in [-0.05, 0) is 30.4 Å². The van der Waals surface area contributed by atoms with Gasteiger partial charge in [0.05, 0.1) is 11.4 Å². The lowest BCUT2D eigenvalue weighted by Gasteiger charge is -2.38. The van der Waals surface area contributed by atoms with Gasteiger partial charge in [0.1, 0.15) is 6.04 Å². The molecule has 1 aliphatic heterocycles. The molecule has 116 valence electrons. The monoisotopic (exact) mass is 316 g/mol. The number of nitrogens with one attached hydrogen (secondary N) is 1. The molecule has 0 spiro atoms. The quantitative estimate of drug-likeness (QED) is 0.875. The molecule has 1 aromatic rings. The number of carbonyl (C=O) groups is 1. The standard InChI is InChI=1S/C17H20N2O2S/c1-17(2)8-12(18-11-6-4-3-5-7-11)15-13(9-17)19-14(10-22-15)16(20)21/h3-7,14,19H,8-10H2,1-2H3,(H,20,21)/b18-12-. The number of hydrogen-bond donors (Lipinski definition) is 2. The van der Waals surface area contributed by atoms with Gasteiger partial charge in [0, 0.05) is 16.4 Å². The lowest BCUT2D eigenvalue weighted by atomic mass is 9.78. The van der Waals surface area contributed by atoms with E-state index in [1.807, 2.05) is 30.3 Å². The number of aliphatic carboxylic acids is 1. The first-order valence-electron chi connectivity index (χ1n) is 7.43. The van der Waals surface area contributed by atoms with Crippen LogP contribution in [0.25, 0.3) is 0 Å². The lowest BCUT2D eigenvalue weighted by molar-refractivity contribution is -0.138. The summed E-state index contributed by atoms with van der Waals surface area (Å²) in [5, 5.41) is 12.4. The van der Waals surface area contributed by atoms with Crippen LogP contribution in [0.3, 0.4) is 0 Å². The Hall–Kier alpha value is -1.75. The van der Waals surface area contributed by atoms with Gasteiger partial charge >= 0.3 is 5.97 Å². The Balaban J connectivity index is 1.97. The third kappa shape index (κ3) is 3.19. The van der Waals surface area contributed by atoms with Crippen LogP contribution < -0.4 is 5.32 Å². The Bertz CT molecular complexity index is 650. The molecule has 4 nitrogen and oxygen atoms in total. The molecule has 5 heteroatoms. The highest BCUT2D eigenvalue weighted by Crippen LogP contribution is 2.43. The van der Waals surface area contributed by atoms with Crippen molar-refractivity contribution >= 4 is 29.1 Å². The van der Waals surface area contributed by atoms with Gasteiger partial charge in [0.25, 0.3) is 0 Å². The fraction of sp³-hybridized carbons (Fsp3) is 0.412. The number of nitrogens with zero attached hydrogens (tertiary/aromatic N) is 1. The molecule has 2 aliphatic rings. The fourth-order valence-electron chi connectivity index (χ4n) is 2.92. The number of para-hydroxylation sites is 1. The third-order valence-electron chi connectivity index (χ3n) is 3.90. The minimum absolute atomic E-state index is 0.0837. The lowest BCUT2D eigenvalue weighted by Crippen LogP contribution is -2.44. The van der Waals surface area contributed by atoms with Gasteiger partial charge in [-0.1, -0.05) is 32.0 Å². The smallest absolute Gasteiger partial charge is 0.326 e. The minimum atomic E-state index is -0.788. The molecule has 1 unspecified atom stereocenters. The summed E-state index contributed by atoms with van der Waals surface area (Å²) in [7, 11) is 0. The zero-order chi connectivity index (χ0) is 15.7. The largest absolute Gasteiger partial charge is 0.480 e. The number of benzene rings is 1. The molecule has 0 saturated heterocycles. The number of thioether (sulfide) groups is 1. The summed E-state index contributed by atoms with van der Waals surface area (Å²) in [6.07, 6.45) is 1.78. The van der Waals surface area contributed by atoms with Crippen molar-refractivity contribution in [3.05, 3.63) is 40.9 Å². The molecular formula is C17H20N2O2S. The molecule has 3 rings (SSSR count). The first-order valence-corrected chi connectivity index (χ1v) is 8.41. The van der Waals surface area contributed by atoms with Crippen LogP contribution in [0, 0.1) is 5.41 Å². The highest BCUT2D eigenvalue weighted by Gasteiger charge is 2.36. The Morgan fingerprint density at radius 1 is 1.32 bits per heavy atom. The number of carboxylic acid groups (broad SMARTS) is 1. The molecule has 0 radical (unpaired) electrons. The highest BCUT2D eigenvalue weighted by atomic mass is 32.2. The normalized spacial score (nSPS) is 25.5. The Morgan fingerprint density at radius 2 is 2.05 bits per heavy atom. The van der Waals surface area contributed by atoms with Crippen LogP contribution in [0.5, 0.6) is 0 Å².